The minimum atomic E-state index is -0.829. The Kier molecular flexibility index (Phi) is 5.95. The second-order valence-electron chi connectivity index (χ2n) is 6.76. The van der Waals surface area contributed by atoms with Gasteiger partial charge in [0.1, 0.15) is 5.54 Å². The largest absolute Gasteiger partial charge is 0.326 e. The first-order valence-corrected chi connectivity index (χ1v) is 8.38. The first kappa shape index (κ1) is 18.7. The fourth-order valence-corrected chi connectivity index (χ4v) is 2.53. The molecule has 0 aliphatic rings. The third kappa shape index (κ3) is 4.68. The standard InChI is InChI=1S/C21H25N3O/c1-16-10-12-18(13-11-16)20(17-8-6-5-7-9-17)23-14-19(25)24(4)21(2,3)15-22/h5-13,20,23H,14H2,1-4H3/t20-/m1/s1. The summed E-state index contributed by atoms with van der Waals surface area (Å²) in [4.78, 5) is 14.0. The molecule has 0 heterocycles. The summed E-state index contributed by atoms with van der Waals surface area (Å²) < 4.78 is 0. The molecule has 0 unspecified atom stereocenters. The average Bonchev–Trinajstić information content (AvgIpc) is 2.63. The van der Waals surface area contributed by atoms with Gasteiger partial charge in [-0.15, -0.1) is 0 Å². The summed E-state index contributed by atoms with van der Waals surface area (Å²) in [5, 5.41) is 12.6. The van der Waals surface area contributed by atoms with Crippen molar-refractivity contribution in [1.29, 1.82) is 5.26 Å². The van der Waals surface area contributed by atoms with Crippen LogP contribution < -0.4 is 5.32 Å². The molecule has 0 radical (unpaired) electrons. The maximum atomic E-state index is 12.5. The molecule has 0 saturated heterocycles. The fraction of sp³-hybridized carbons (Fsp3) is 0.333. The summed E-state index contributed by atoms with van der Waals surface area (Å²) in [6, 6.07) is 20.4. The lowest BCUT2D eigenvalue weighted by Gasteiger charge is -2.30. The van der Waals surface area contributed by atoms with Crippen molar-refractivity contribution in [3.8, 4) is 6.07 Å². The summed E-state index contributed by atoms with van der Waals surface area (Å²) in [5.41, 5.74) is 2.57. The van der Waals surface area contributed by atoms with Gasteiger partial charge in [0.2, 0.25) is 5.91 Å². The third-order valence-electron chi connectivity index (χ3n) is 4.49. The minimum absolute atomic E-state index is 0.0793. The summed E-state index contributed by atoms with van der Waals surface area (Å²) >= 11 is 0. The van der Waals surface area contributed by atoms with E-state index < -0.39 is 5.54 Å². The van der Waals surface area contributed by atoms with Crippen LogP contribution in [0.3, 0.4) is 0 Å². The van der Waals surface area contributed by atoms with Crippen molar-refractivity contribution in [2.75, 3.05) is 13.6 Å². The monoisotopic (exact) mass is 335 g/mol. The second kappa shape index (κ2) is 7.96. The van der Waals surface area contributed by atoms with Crippen molar-refractivity contribution in [3.05, 3.63) is 71.3 Å². The molecule has 1 N–H and O–H groups in total. The van der Waals surface area contributed by atoms with Crippen molar-refractivity contribution in [2.24, 2.45) is 0 Å². The Morgan fingerprint density at radius 3 is 2.24 bits per heavy atom. The zero-order valence-electron chi connectivity index (χ0n) is 15.3. The lowest BCUT2D eigenvalue weighted by Crippen LogP contribution is -2.47. The van der Waals surface area contributed by atoms with Gasteiger partial charge in [0, 0.05) is 7.05 Å². The van der Waals surface area contributed by atoms with Gasteiger partial charge in [0.25, 0.3) is 0 Å². The minimum Gasteiger partial charge on any atom is -0.326 e. The number of likely N-dealkylation sites (N-methyl/N-ethyl adjacent to an activating group) is 1. The molecule has 2 aromatic rings. The molecule has 1 atom stereocenters. The van der Waals surface area contributed by atoms with Crippen molar-refractivity contribution in [3.63, 3.8) is 0 Å². The maximum absolute atomic E-state index is 12.5. The average molecular weight is 335 g/mol. The molecule has 0 saturated carbocycles. The summed E-state index contributed by atoms with van der Waals surface area (Å²) in [6.07, 6.45) is 0. The number of carbonyl (C=O) groups is 1. The van der Waals surface area contributed by atoms with Gasteiger partial charge in [0.05, 0.1) is 18.7 Å². The normalized spacial score (nSPS) is 12.3. The Hall–Kier alpha value is -2.64. The summed E-state index contributed by atoms with van der Waals surface area (Å²) in [7, 11) is 1.66. The van der Waals surface area contributed by atoms with E-state index in [9.17, 15) is 10.1 Å². The van der Waals surface area contributed by atoms with E-state index in [-0.39, 0.29) is 18.5 Å². The Balaban J connectivity index is 2.19. The van der Waals surface area contributed by atoms with Gasteiger partial charge in [-0.2, -0.15) is 5.26 Å². The number of nitrogens with one attached hydrogen (secondary N) is 1. The van der Waals surface area contributed by atoms with Gasteiger partial charge in [-0.3, -0.25) is 10.1 Å². The van der Waals surface area contributed by atoms with E-state index in [1.165, 1.54) is 10.5 Å². The molecule has 2 aromatic carbocycles. The predicted molar refractivity (Wildman–Crippen MR) is 99.9 cm³/mol. The summed E-state index contributed by atoms with van der Waals surface area (Å²) in [5.74, 6) is -0.111. The van der Waals surface area contributed by atoms with Crippen LogP contribution in [-0.4, -0.2) is 29.9 Å². The molecule has 0 bridgehead atoms. The van der Waals surface area contributed by atoms with Crippen LogP contribution in [0.15, 0.2) is 54.6 Å². The van der Waals surface area contributed by atoms with Crippen LogP contribution in [-0.2, 0) is 4.79 Å². The Morgan fingerprint density at radius 1 is 1.12 bits per heavy atom. The van der Waals surface area contributed by atoms with Gasteiger partial charge in [-0.05, 0) is 31.9 Å². The highest BCUT2D eigenvalue weighted by atomic mass is 16.2. The number of aryl methyl sites for hydroxylation is 1. The van der Waals surface area contributed by atoms with Gasteiger partial charge in [0.15, 0.2) is 0 Å². The zero-order valence-corrected chi connectivity index (χ0v) is 15.3. The summed E-state index contributed by atoms with van der Waals surface area (Å²) in [6.45, 7) is 5.69. The molecule has 0 fully saturated rings. The van der Waals surface area contributed by atoms with Crippen LogP contribution in [0.5, 0.6) is 0 Å². The number of amides is 1. The quantitative estimate of drug-likeness (QED) is 0.880. The van der Waals surface area contributed by atoms with Gasteiger partial charge in [-0.25, -0.2) is 0 Å². The Labute approximate surface area is 150 Å². The number of rotatable bonds is 6. The van der Waals surface area contributed by atoms with Crippen LogP contribution in [0.2, 0.25) is 0 Å². The molecule has 0 aromatic heterocycles. The molecule has 1 amide bonds. The molecule has 0 aliphatic carbocycles. The first-order chi connectivity index (χ1) is 11.8. The van der Waals surface area contributed by atoms with E-state index in [0.717, 1.165) is 11.1 Å². The molecule has 25 heavy (non-hydrogen) atoms. The Morgan fingerprint density at radius 2 is 1.68 bits per heavy atom. The highest BCUT2D eigenvalue weighted by molar-refractivity contribution is 5.79. The number of nitriles is 1. The van der Waals surface area contributed by atoms with Crippen molar-refractivity contribution in [1.82, 2.24) is 10.2 Å². The molecular weight excluding hydrogens is 310 g/mol. The van der Waals surface area contributed by atoms with E-state index in [2.05, 4.69) is 42.6 Å². The van der Waals surface area contributed by atoms with E-state index in [1.54, 1.807) is 20.9 Å². The molecule has 0 spiro atoms. The number of benzene rings is 2. The number of carbonyl (C=O) groups excluding carboxylic acids is 1. The fourth-order valence-electron chi connectivity index (χ4n) is 2.53. The molecule has 2 rings (SSSR count). The van der Waals surface area contributed by atoms with Crippen LogP contribution in [0.4, 0.5) is 0 Å². The highest BCUT2D eigenvalue weighted by Crippen LogP contribution is 2.22. The lowest BCUT2D eigenvalue weighted by atomic mass is 9.97. The lowest BCUT2D eigenvalue weighted by molar-refractivity contribution is -0.132. The molecule has 4 heteroatoms. The smallest absolute Gasteiger partial charge is 0.237 e. The van der Waals surface area contributed by atoms with Gasteiger partial charge >= 0.3 is 0 Å². The van der Waals surface area contributed by atoms with Crippen molar-refractivity contribution < 1.29 is 4.79 Å². The number of hydrogen-bond donors (Lipinski definition) is 1. The third-order valence-corrected chi connectivity index (χ3v) is 4.49. The van der Waals surface area contributed by atoms with E-state index in [0.29, 0.717) is 0 Å². The second-order valence-corrected chi connectivity index (χ2v) is 6.76. The number of hydrogen-bond acceptors (Lipinski definition) is 3. The molecule has 130 valence electrons. The molecule has 4 nitrogen and oxygen atoms in total. The molecular formula is C21H25N3O. The predicted octanol–water partition coefficient (Wildman–Crippen LogP) is 3.43. The van der Waals surface area contributed by atoms with Gasteiger partial charge in [-0.1, -0.05) is 60.2 Å². The topological polar surface area (TPSA) is 56.1 Å². The van der Waals surface area contributed by atoms with Crippen LogP contribution in [0.1, 0.15) is 36.6 Å². The number of nitrogens with zero attached hydrogens (tertiary/aromatic N) is 2. The van der Waals surface area contributed by atoms with Crippen molar-refractivity contribution in [2.45, 2.75) is 32.4 Å². The zero-order chi connectivity index (χ0) is 18.4. The molecule has 0 aliphatic heterocycles. The van der Waals surface area contributed by atoms with Crippen LogP contribution >= 0.6 is 0 Å². The van der Waals surface area contributed by atoms with Crippen LogP contribution in [0.25, 0.3) is 0 Å². The van der Waals surface area contributed by atoms with Gasteiger partial charge < -0.3 is 4.90 Å². The van der Waals surface area contributed by atoms with Crippen LogP contribution in [0, 0.1) is 18.3 Å². The Bertz CT molecular complexity index is 745. The SMILES string of the molecule is Cc1ccc([C@H](NCC(=O)N(C)C(C)(C)C#N)c2ccccc2)cc1. The van der Waals surface area contributed by atoms with Crippen molar-refractivity contribution >= 4 is 5.91 Å². The van der Waals surface area contributed by atoms with E-state index in [4.69, 9.17) is 0 Å². The maximum Gasteiger partial charge on any atom is 0.237 e. The first-order valence-electron chi connectivity index (χ1n) is 8.38. The highest BCUT2D eigenvalue weighted by Gasteiger charge is 2.27. The van der Waals surface area contributed by atoms with E-state index >= 15 is 0 Å². The van der Waals surface area contributed by atoms with E-state index in [1.807, 2.05) is 30.3 Å².